The highest BCUT2D eigenvalue weighted by atomic mass is 14.8. The van der Waals surface area contributed by atoms with Gasteiger partial charge in [0.1, 0.15) is 0 Å². The first kappa shape index (κ1) is 9.76. The van der Waals surface area contributed by atoms with Gasteiger partial charge in [-0.05, 0) is 31.6 Å². The summed E-state index contributed by atoms with van der Waals surface area (Å²) in [6.45, 7) is 5.69. The number of aliphatic imine (C=N–C) groups is 1. The molecule has 0 radical (unpaired) electrons. The fraction of sp³-hybridized carbons (Fsp3) is 0.909. The molecule has 0 bridgehead atoms. The van der Waals surface area contributed by atoms with Crippen LogP contribution in [0.4, 0.5) is 0 Å². The number of rotatable bonds is 5. The van der Waals surface area contributed by atoms with Crippen molar-refractivity contribution in [1.82, 2.24) is 0 Å². The van der Waals surface area contributed by atoms with Crippen LogP contribution < -0.4 is 0 Å². The lowest BCUT2D eigenvalue weighted by atomic mass is 10.0. The summed E-state index contributed by atoms with van der Waals surface area (Å²) in [7, 11) is 0. The third-order valence-corrected chi connectivity index (χ3v) is 2.46. The molecule has 0 unspecified atom stereocenters. The maximum atomic E-state index is 4.47. The molecular formula is C11H21N. The first-order valence-corrected chi connectivity index (χ1v) is 5.31. The Balaban J connectivity index is 1.95. The lowest BCUT2D eigenvalue weighted by molar-refractivity contribution is 0.543. The fourth-order valence-electron chi connectivity index (χ4n) is 1.69. The second-order valence-corrected chi connectivity index (χ2v) is 4.19. The zero-order chi connectivity index (χ0) is 8.81. The maximum Gasteiger partial charge on any atom is 0.0392 e. The summed E-state index contributed by atoms with van der Waals surface area (Å²) in [4.78, 5) is 4.47. The van der Waals surface area contributed by atoms with Crippen LogP contribution in [0.25, 0.3) is 0 Å². The molecule has 70 valence electrons. The van der Waals surface area contributed by atoms with Crippen molar-refractivity contribution in [2.24, 2.45) is 10.9 Å². The largest absolute Gasteiger partial charge is 0.294 e. The topological polar surface area (TPSA) is 12.4 Å². The molecule has 1 rings (SSSR count). The molecular weight excluding hydrogens is 146 g/mol. The summed E-state index contributed by atoms with van der Waals surface area (Å²) in [6.07, 6.45) is 7.98. The molecule has 0 aliphatic carbocycles. The van der Waals surface area contributed by atoms with Gasteiger partial charge >= 0.3 is 0 Å². The third-order valence-electron chi connectivity index (χ3n) is 2.46. The van der Waals surface area contributed by atoms with Gasteiger partial charge in [-0.25, -0.2) is 0 Å². The van der Waals surface area contributed by atoms with Crippen molar-refractivity contribution in [1.29, 1.82) is 0 Å². The summed E-state index contributed by atoms with van der Waals surface area (Å²) in [5.41, 5.74) is 1.48. The predicted octanol–water partition coefficient (Wildman–Crippen LogP) is 3.44. The lowest BCUT2D eigenvalue weighted by Crippen LogP contribution is -1.94. The molecule has 0 N–H and O–H groups in total. The Hall–Kier alpha value is -0.330. The van der Waals surface area contributed by atoms with E-state index in [4.69, 9.17) is 0 Å². The van der Waals surface area contributed by atoms with Crippen molar-refractivity contribution in [3.63, 3.8) is 0 Å². The summed E-state index contributed by atoms with van der Waals surface area (Å²) in [5.74, 6) is 0.871. The van der Waals surface area contributed by atoms with E-state index in [0.717, 1.165) is 12.5 Å². The summed E-state index contributed by atoms with van der Waals surface area (Å²) in [5, 5.41) is 0. The molecule has 1 heterocycles. The molecule has 0 atom stereocenters. The van der Waals surface area contributed by atoms with E-state index in [9.17, 15) is 0 Å². The van der Waals surface area contributed by atoms with Gasteiger partial charge in [0.05, 0.1) is 0 Å². The Kier molecular flexibility index (Phi) is 4.34. The monoisotopic (exact) mass is 167 g/mol. The molecule has 0 amide bonds. The second kappa shape index (κ2) is 5.34. The van der Waals surface area contributed by atoms with Gasteiger partial charge in [0, 0.05) is 12.3 Å². The van der Waals surface area contributed by atoms with E-state index in [1.807, 2.05) is 0 Å². The van der Waals surface area contributed by atoms with Crippen LogP contribution >= 0.6 is 0 Å². The van der Waals surface area contributed by atoms with Crippen LogP contribution in [0.5, 0.6) is 0 Å². The van der Waals surface area contributed by atoms with Crippen LogP contribution in [0.1, 0.15) is 52.4 Å². The van der Waals surface area contributed by atoms with Crippen molar-refractivity contribution in [3.8, 4) is 0 Å². The quantitative estimate of drug-likeness (QED) is 0.556. The standard InChI is InChI=1S/C11H21N/c1-10(2)6-3-4-7-11-8-5-9-12-11/h10H,3-9H2,1-2H3. The maximum absolute atomic E-state index is 4.47. The summed E-state index contributed by atoms with van der Waals surface area (Å²) in [6, 6.07) is 0. The minimum atomic E-state index is 0.871. The average molecular weight is 167 g/mol. The zero-order valence-corrected chi connectivity index (χ0v) is 8.47. The van der Waals surface area contributed by atoms with Crippen LogP contribution in [0.3, 0.4) is 0 Å². The Morgan fingerprint density at radius 3 is 2.75 bits per heavy atom. The van der Waals surface area contributed by atoms with Gasteiger partial charge in [-0.3, -0.25) is 4.99 Å². The van der Waals surface area contributed by atoms with Gasteiger partial charge in [-0.15, -0.1) is 0 Å². The molecule has 1 heteroatoms. The highest BCUT2D eigenvalue weighted by Gasteiger charge is 2.05. The van der Waals surface area contributed by atoms with Gasteiger partial charge < -0.3 is 0 Å². The van der Waals surface area contributed by atoms with Crippen LogP contribution in [-0.2, 0) is 0 Å². The zero-order valence-electron chi connectivity index (χ0n) is 8.47. The number of hydrogen-bond acceptors (Lipinski definition) is 1. The van der Waals surface area contributed by atoms with E-state index >= 15 is 0 Å². The number of hydrogen-bond donors (Lipinski definition) is 0. The third kappa shape index (κ3) is 3.89. The molecule has 0 fully saturated rings. The van der Waals surface area contributed by atoms with Gasteiger partial charge in [-0.1, -0.05) is 26.7 Å². The van der Waals surface area contributed by atoms with Gasteiger partial charge in [0.25, 0.3) is 0 Å². The van der Waals surface area contributed by atoms with E-state index in [1.54, 1.807) is 0 Å². The predicted molar refractivity (Wildman–Crippen MR) is 54.8 cm³/mol. The minimum absolute atomic E-state index is 0.871. The molecule has 0 aromatic carbocycles. The Morgan fingerprint density at radius 2 is 2.17 bits per heavy atom. The van der Waals surface area contributed by atoms with E-state index in [0.29, 0.717) is 0 Å². The first-order valence-electron chi connectivity index (χ1n) is 5.31. The SMILES string of the molecule is CC(C)CCCCC1=NCCC1. The molecule has 1 nitrogen and oxygen atoms in total. The Morgan fingerprint density at radius 1 is 1.33 bits per heavy atom. The first-order chi connectivity index (χ1) is 5.79. The molecule has 1 aliphatic rings. The summed E-state index contributed by atoms with van der Waals surface area (Å²) >= 11 is 0. The van der Waals surface area contributed by atoms with E-state index in [1.165, 1.54) is 44.2 Å². The van der Waals surface area contributed by atoms with Crippen molar-refractivity contribution < 1.29 is 0 Å². The van der Waals surface area contributed by atoms with Crippen LogP contribution in [0, 0.1) is 5.92 Å². The molecule has 0 saturated carbocycles. The van der Waals surface area contributed by atoms with E-state index < -0.39 is 0 Å². The van der Waals surface area contributed by atoms with Gasteiger partial charge in [0.2, 0.25) is 0 Å². The Bertz CT molecular complexity index is 147. The van der Waals surface area contributed by atoms with Crippen molar-refractivity contribution >= 4 is 5.71 Å². The molecule has 0 spiro atoms. The minimum Gasteiger partial charge on any atom is -0.294 e. The van der Waals surface area contributed by atoms with E-state index in [-0.39, 0.29) is 0 Å². The highest BCUT2D eigenvalue weighted by molar-refractivity contribution is 5.85. The number of nitrogens with zero attached hydrogens (tertiary/aromatic N) is 1. The van der Waals surface area contributed by atoms with Crippen LogP contribution in [-0.4, -0.2) is 12.3 Å². The van der Waals surface area contributed by atoms with Crippen molar-refractivity contribution in [3.05, 3.63) is 0 Å². The summed E-state index contributed by atoms with van der Waals surface area (Å²) < 4.78 is 0. The van der Waals surface area contributed by atoms with Crippen molar-refractivity contribution in [2.45, 2.75) is 52.4 Å². The molecule has 0 aromatic heterocycles. The highest BCUT2D eigenvalue weighted by Crippen LogP contribution is 2.13. The molecule has 0 saturated heterocycles. The lowest BCUT2D eigenvalue weighted by Gasteiger charge is -2.03. The number of unbranched alkanes of at least 4 members (excludes halogenated alkanes) is 1. The van der Waals surface area contributed by atoms with Crippen molar-refractivity contribution in [2.75, 3.05) is 6.54 Å². The van der Waals surface area contributed by atoms with Gasteiger partial charge in [-0.2, -0.15) is 0 Å². The normalized spacial score (nSPS) is 17.1. The molecule has 1 aliphatic heterocycles. The van der Waals surface area contributed by atoms with Crippen LogP contribution in [0.2, 0.25) is 0 Å². The van der Waals surface area contributed by atoms with E-state index in [2.05, 4.69) is 18.8 Å². The van der Waals surface area contributed by atoms with Gasteiger partial charge in [0.15, 0.2) is 0 Å². The molecule has 0 aromatic rings. The average Bonchev–Trinajstić information content (AvgIpc) is 2.49. The van der Waals surface area contributed by atoms with Crippen LogP contribution in [0.15, 0.2) is 4.99 Å². The fourth-order valence-corrected chi connectivity index (χ4v) is 1.69. The second-order valence-electron chi connectivity index (χ2n) is 4.19. The smallest absolute Gasteiger partial charge is 0.0392 e. The Labute approximate surface area is 76.3 Å². The molecule has 12 heavy (non-hydrogen) atoms.